The molecular formula is C17H39N. The van der Waals surface area contributed by atoms with Crippen LogP contribution in [0.25, 0.3) is 0 Å². The standard InChI is InChI=1S/C17H36.H3N/c1-4-5-6-7-8-9-10-11-12-13-14-15-16-17(2)3;/h17H,4-16H2,1-3H3;1H3. The van der Waals surface area contributed by atoms with Gasteiger partial charge in [0.25, 0.3) is 0 Å². The zero-order valence-corrected chi connectivity index (χ0v) is 13.5. The first-order chi connectivity index (χ1) is 8.27. The average molecular weight is 258 g/mol. The van der Waals surface area contributed by atoms with E-state index in [1.54, 1.807) is 0 Å². The highest BCUT2D eigenvalue weighted by Crippen LogP contribution is 2.13. The summed E-state index contributed by atoms with van der Waals surface area (Å²) in [7, 11) is 0. The molecule has 0 unspecified atom stereocenters. The van der Waals surface area contributed by atoms with Crippen molar-refractivity contribution in [2.75, 3.05) is 0 Å². The SMILES string of the molecule is CCCCCCCCCCCCCCC(C)C.N. The third-order valence-electron chi connectivity index (χ3n) is 3.64. The van der Waals surface area contributed by atoms with Crippen LogP contribution < -0.4 is 6.15 Å². The monoisotopic (exact) mass is 257 g/mol. The molecule has 0 fully saturated rings. The molecule has 0 saturated heterocycles. The van der Waals surface area contributed by atoms with Crippen molar-refractivity contribution in [3.8, 4) is 0 Å². The van der Waals surface area contributed by atoms with Crippen LogP contribution >= 0.6 is 0 Å². The fourth-order valence-corrected chi connectivity index (χ4v) is 2.39. The lowest BCUT2D eigenvalue weighted by Crippen LogP contribution is -1.87. The highest BCUT2D eigenvalue weighted by molar-refractivity contribution is 4.50. The molecule has 0 aliphatic carbocycles. The summed E-state index contributed by atoms with van der Waals surface area (Å²) in [5.74, 6) is 0.901. The van der Waals surface area contributed by atoms with Gasteiger partial charge in [0.2, 0.25) is 0 Å². The molecule has 0 aliphatic rings. The molecule has 0 saturated carbocycles. The van der Waals surface area contributed by atoms with Crippen molar-refractivity contribution < 1.29 is 0 Å². The number of unbranched alkanes of at least 4 members (excludes halogenated alkanes) is 11. The van der Waals surface area contributed by atoms with E-state index >= 15 is 0 Å². The summed E-state index contributed by atoms with van der Waals surface area (Å²) >= 11 is 0. The van der Waals surface area contributed by atoms with Crippen molar-refractivity contribution >= 4 is 0 Å². The maximum atomic E-state index is 2.33. The first-order valence-electron chi connectivity index (χ1n) is 8.27. The van der Waals surface area contributed by atoms with E-state index < -0.39 is 0 Å². The number of hydrogen-bond acceptors (Lipinski definition) is 1. The lowest BCUT2D eigenvalue weighted by atomic mass is 10.0. The van der Waals surface area contributed by atoms with E-state index in [1.165, 1.54) is 83.5 Å². The van der Waals surface area contributed by atoms with Gasteiger partial charge in [0.15, 0.2) is 0 Å². The van der Waals surface area contributed by atoms with E-state index in [1.807, 2.05) is 0 Å². The Hall–Kier alpha value is -0.0400. The van der Waals surface area contributed by atoms with Gasteiger partial charge in [-0.05, 0) is 5.92 Å². The van der Waals surface area contributed by atoms with Gasteiger partial charge in [-0.25, -0.2) is 0 Å². The third kappa shape index (κ3) is 18.3. The minimum Gasteiger partial charge on any atom is -0.344 e. The average Bonchev–Trinajstić information content (AvgIpc) is 2.30. The molecule has 0 bridgehead atoms. The Balaban J connectivity index is 0. The van der Waals surface area contributed by atoms with Crippen molar-refractivity contribution in [3.63, 3.8) is 0 Å². The molecule has 0 atom stereocenters. The Labute approximate surface area is 117 Å². The molecule has 1 nitrogen and oxygen atoms in total. The minimum absolute atomic E-state index is 0. The fraction of sp³-hybridized carbons (Fsp3) is 1.00. The largest absolute Gasteiger partial charge is 0.344 e. The molecule has 0 spiro atoms. The Bertz CT molecular complexity index is 132. The molecular weight excluding hydrogens is 218 g/mol. The first-order valence-corrected chi connectivity index (χ1v) is 8.27. The van der Waals surface area contributed by atoms with Crippen molar-refractivity contribution in [3.05, 3.63) is 0 Å². The van der Waals surface area contributed by atoms with E-state index in [0.29, 0.717) is 0 Å². The van der Waals surface area contributed by atoms with Gasteiger partial charge in [0, 0.05) is 0 Å². The van der Waals surface area contributed by atoms with Crippen LogP contribution in [0.5, 0.6) is 0 Å². The van der Waals surface area contributed by atoms with Crippen LogP contribution in [0.1, 0.15) is 104 Å². The predicted octanol–water partition coefficient (Wildman–Crippen LogP) is 6.90. The van der Waals surface area contributed by atoms with Crippen LogP contribution in [0.4, 0.5) is 0 Å². The Kier molecular flexibility index (Phi) is 19.1. The summed E-state index contributed by atoms with van der Waals surface area (Å²) in [6.45, 7) is 6.95. The molecule has 0 aromatic rings. The molecule has 1 heteroatoms. The van der Waals surface area contributed by atoms with Gasteiger partial charge in [-0.2, -0.15) is 0 Å². The molecule has 0 rings (SSSR count). The zero-order chi connectivity index (χ0) is 12.8. The molecule has 0 aliphatic heterocycles. The molecule has 0 radical (unpaired) electrons. The van der Waals surface area contributed by atoms with E-state index in [2.05, 4.69) is 20.8 Å². The van der Waals surface area contributed by atoms with E-state index in [9.17, 15) is 0 Å². The van der Waals surface area contributed by atoms with E-state index in [-0.39, 0.29) is 6.15 Å². The molecule has 0 aromatic heterocycles. The van der Waals surface area contributed by atoms with Gasteiger partial charge in [-0.15, -0.1) is 0 Å². The summed E-state index contributed by atoms with van der Waals surface area (Å²) in [6.07, 6.45) is 19.0. The lowest BCUT2D eigenvalue weighted by molar-refractivity contribution is 0.503. The molecule has 0 aromatic carbocycles. The topological polar surface area (TPSA) is 35.0 Å². The van der Waals surface area contributed by atoms with E-state index in [4.69, 9.17) is 0 Å². The third-order valence-corrected chi connectivity index (χ3v) is 3.64. The molecule has 112 valence electrons. The van der Waals surface area contributed by atoms with Crippen LogP contribution in [0, 0.1) is 5.92 Å². The first kappa shape index (κ1) is 20.3. The van der Waals surface area contributed by atoms with Gasteiger partial charge < -0.3 is 6.15 Å². The second-order valence-corrected chi connectivity index (χ2v) is 6.07. The summed E-state index contributed by atoms with van der Waals surface area (Å²) in [5, 5.41) is 0. The summed E-state index contributed by atoms with van der Waals surface area (Å²) in [6, 6.07) is 0. The second-order valence-electron chi connectivity index (χ2n) is 6.07. The maximum absolute atomic E-state index is 2.33. The zero-order valence-electron chi connectivity index (χ0n) is 13.5. The summed E-state index contributed by atoms with van der Waals surface area (Å²) < 4.78 is 0. The van der Waals surface area contributed by atoms with Crippen LogP contribution in [0.3, 0.4) is 0 Å². The molecule has 18 heavy (non-hydrogen) atoms. The van der Waals surface area contributed by atoms with Gasteiger partial charge in [0.05, 0.1) is 0 Å². The summed E-state index contributed by atoms with van der Waals surface area (Å²) in [5.41, 5.74) is 0. The fourth-order valence-electron chi connectivity index (χ4n) is 2.39. The Morgan fingerprint density at radius 3 is 1.22 bits per heavy atom. The van der Waals surface area contributed by atoms with Gasteiger partial charge in [0.1, 0.15) is 0 Å². The van der Waals surface area contributed by atoms with Crippen LogP contribution in [-0.2, 0) is 0 Å². The van der Waals surface area contributed by atoms with Crippen molar-refractivity contribution in [2.24, 2.45) is 5.92 Å². The number of rotatable bonds is 13. The highest BCUT2D eigenvalue weighted by atomic mass is 14.0. The maximum Gasteiger partial charge on any atom is -0.0471 e. The lowest BCUT2D eigenvalue weighted by Gasteiger charge is -2.04. The van der Waals surface area contributed by atoms with Crippen molar-refractivity contribution in [1.82, 2.24) is 6.15 Å². The van der Waals surface area contributed by atoms with E-state index in [0.717, 1.165) is 5.92 Å². The van der Waals surface area contributed by atoms with Gasteiger partial charge >= 0.3 is 0 Å². The van der Waals surface area contributed by atoms with Crippen LogP contribution in [0.15, 0.2) is 0 Å². The minimum atomic E-state index is 0. The van der Waals surface area contributed by atoms with Crippen LogP contribution in [-0.4, -0.2) is 0 Å². The normalized spacial score (nSPS) is 10.7. The smallest absolute Gasteiger partial charge is 0.0471 e. The highest BCUT2D eigenvalue weighted by Gasteiger charge is 1.95. The Morgan fingerprint density at radius 2 is 0.889 bits per heavy atom. The molecule has 0 heterocycles. The van der Waals surface area contributed by atoms with Gasteiger partial charge in [-0.3, -0.25) is 0 Å². The van der Waals surface area contributed by atoms with Crippen LogP contribution in [0.2, 0.25) is 0 Å². The van der Waals surface area contributed by atoms with Gasteiger partial charge in [-0.1, -0.05) is 104 Å². The molecule has 0 amide bonds. The predicted molar refractivity (Wildman–Crippen MR) is 85.6 cm³/mol. The number of hydrogen-bond donors (Lipinski definition) is 1. The summed E-state index contributed by atoms with van der Waals surface area (Å²) in [4.78, 5) is 0. The van der Waals surface area contributed by atoms with Crippen molar-refractivity contribution in [1.29, 1.82) is 0 Å². The Morgan fingerprint density at radius 1 is 0.556 bits per heavy atom. The van der Waals surface area contributed by atoms with Crippen molar-refractivity contribution in [2.45, 2.75) is 104 Å². The quantitative estimate of drug-likeness (QED) is 0.358. The second kappa shape index (κ2) is 17.0. The molecule has 3 N–H and O–H groups in total.